The molecule has 0 aromatic carbocycles. The average Bonchev–Trinajstić information content (AvgIpc) is 2.31. The van der Waals surface area contributed by atoms with E-state index in [1.807, 2.05) is 18.3 Å². The van der Waals surface area contributed by atoms with Crippen molar-refractivity contribution >= 4 is 6.29 Å². The summed E-state index contributed by atoms with van der Waals surface area (Å²) in [6.45, 7) is 1.22. The summed E-state index contributed by atoms with van der Waals surface area (Å²) in [5, 5.41) is 4.87. The van der Waals surface area contributed by atoms with E-state index >= 15 is 0 Å². The minimum Gasteiger partial charge on any atom is -0.379 e. The minimum atomic E-state index is 0.390. The Labute approximate surface area is 59.9 Å². The van der Waals surface area contributed by atoms with Gasteiger partial charge in [-0.05, 0) is 0 Å². The van der Waals surface area contributed by atoms with Gasteiger partial charge in [0.15, 0.2) is 0 Å². The lowest BCUT2D eigenvalue weighted by molar-refractivity contribution is -0.107. The van der Waals surface area contributed by atoms with Gasteiger partial charge in [-0.1, -0.05) is 0 Å². The van der Waals surface area contributed by atoms with Crippen LogP contribution in [-0.4, -0.2) is 31.4 Å². The first-order chi connectivity index (χ1) is 4.83. The molecule has 4 nitrogen and oxygen atoms in total. The fourth-order valence-electron chi connectivity index (χ4n) is 0.815. The fourth-order valence-corrected chi connectivity index (χ4v) is 0.815. The van der Waals surface area contributed by atoms with Gasteiger partial charge in [0.05, 0.1) is 13.1 Å². The molecule has 1 aliphatic heterocycles. The molecule has 0 bridgehead atoms. The molecule has 0 atom stereocenters. The molecule has 0 saturated carbocycles. The van der Waals surface area contributed by atoms with Crippen molar-refractivity contribution in [3.8, 4) is 0 Å². The van der Waals surface area contributed by atoms with E-state index in [1.165, 1.54) is 0 Å². The van der Waals surface area contributed by atoms with Crippen molar-refractivity contribution in [1.29, 1.82) is 0 Å². The van der Waals surface area contributed by atoms with Crippen molar-refractivity contribution in [3.05, 3.63) is 11.9 Å². The molecule has 0 radical (unpaired) electrons. The van der Waals surface area contributed by atoms with Crippen molar-refractivity contribution in [1.82, 2.24) is 15.8 Å². The highest BCUT2D eigenvalue weighted by Crippen LogP contribution is 1.95. The second-order valence-electron chi connectivity index (χ2n) is 2.20. The Kier molecular flexibility index (Phi) is 2.28. The number of hydrogen-bond acceptors (Lipinski definition) is 4. The molecule has 0 unspecified atom stereocenters. The van der Waals surface area contributed by atoms with Gasteiger partial charge in [-0.2, -0.15) is 0 Å². The van der Waals surface area contributed by atoms with Crippen LogP contribution in [-0.2, 0) is 4.79 Å². The quantitative estimate of drug-likeness (QED) is 0.498. The Bertz CT molecular complexity index is 155. The lowest BCUT2D eigenvalue weighted by Crippen LogP contribution is -2.26. The summed E-state index contributed by atoms with van der Waals surface area (Å²) in [5.41, 5.74) is 4.02. The fraction of sp³-hybridized carbons (Fsp3) is 0.500. The smallest absolute Gasteiger partial charge is 0.139 e. The molecule has 0 saturated heterocycles. The molecule has 2 N–H and O–H groups in total. The summed E-state index contributed by atoms with van der Waals surface area (Å²) in [4.78, 5) is 9.92. The molecule has 0 aliphatic carbocycles. The summed E-state index contributed by atoms with van der Waals surface area (Å²) in [5.74, 6) is 0. The molecular weight excluding hydrogens is 130 g/mol. The number of nitrogens with zero attached hydrogens (tertiary/aromatic N) is 1. The molecule has 0 amide bonds. The number of aldehydes is 1. The van der Waals surface area contributed by atoms with E-state index in [4.69, 9.17) is 0 Å². The van der Waals surface area contributed by atoms with Crippen LogP contribution in [0.5, 0.6) is 0 Å². The Morgan fingerprint density at radius 3 is 3.30 bits per heavy atom. The number of likely N-dealkylation sites (N-methyl/N-ethyl adjacent to an activating group) is 1. The first kappa shape index (κ1) is 7.08. The van der Waals surface area contributed by atoms with E-state index in [0.717, 1.165) is 18.5 Å². The van der Waals surface area contributed by atoms with Gasteiger partial charge < -0.3 is 15.5 Å². The molecule has 1 heterocycles. The summed E-state index contributed by atoms with van der Waals surface area (Å²) >= 11 is 0. The van der Waals surface area contributed by atoms with Crippen LogP contribution >= 0.6 is 0 Å². The molecule has 0 aromatic heterocycles. The van der Waals surface area contributed by atoms with Gasteiger partial charge in [-0.15, -0.1) is 0 Å². The van der Waals surface area contributed by atoms with Gasteiger partial charge in [0.25, 0.3) is 0 Å². The zero-order valence-corrected chi connectivity index (χ0v) is 5.92. The molecule has 4 heteroatoms. The zero-order chi connectivity index (χ0) is 7.40. The topological polar surface area (TPSA) is 44.4 Å². The number of carbonyl (C=O) groups excluding carboxylic acids is 1. The third-order valence-electron chi connectivity index (χ3n) is 1.28. The van der Waals surface area contributed by atoms with Crippen molar-refractivity contribution in [2.45, 2.75) is 0 Å². The first-order valence-corrected chi connectivity index (χ1v) is 3.17. The minimum absolute atomic E-state index is 0.390. The van der Waals surface area contributed by atoms with E-state index < -0.39 is 0 Å². The van der Waals surface area contributed by atoms with Crippen LogP contribution in [0, 0.1) is 0 Å². The highest BCUT2D eigenvalue weighted by Gasteiger charge is 2.06. The highest BCUT2D eigenvalue weighted by molar-refractivity contribution is 5.52. The second kappa shape index (κ2) is 3.22. The van der Waals surface area contributed by atoms with Crippen LogP contribution in [0.15, 0.2) is 11.9 Å². The zero-order valence-electron chi connectivity index (χ0n) is 5.92. The van der Waals surface area contributed by atoms with Crippen molar-refractivity contribution in [2.24, 2.45) is 0 Å². The van der Waals surface area contributed by atoms with Gasteiger partial charge in [0.1, 0.15) is 6.29 Å². The lowest BCUT2D eigenvalue weighted by Gasteiger charge is -2.07. The van der Waals surface area contributed by atoms with Crippen LogP contribution in [0.4, 0.5) is 0 Å². The van der Waals surface area contributed by atoms with Gasteiger partial charge in [0.2, 0.25) is 0 Å². The predicted molar refractivity (Wildman–Crippen MR) is 37.9 cm³/mol. The van der Waals surface area contributed by atoms with Crippen LogP contribution < -0.4 is 10.7 Å². The summed E-state index contributed by atoms with van der Waals surface area (Å²) in [7, 11) is 1.94. The number of carbonyl (C=O) groups is 1. The Morgan fingerprint density at radius 1 is 2.00 bits per heavy atom. The third-order valence-corrected chi connectivity index (χ3v) is 1.28. The normalized spacial score (nSPS) is 17.9. The summed E-state index contributed by atoms with van der Waals surface area (Å²) in [6, 6.07) is 0. The molecule has 0 fully saturated rings. The molecule has 0 spiro atoms. The number of nitrogens with one attached hydrogen (secondary N) is 2. The molecule has 0 aromatic rings. The van der Waals surface area contributed by atoms with Crippen LogP contribution in [0.3, 0.4) is 0 Å². The van der Waals surface area contributed by atoms with E-state index in [0.29, 0.717) is 6.54 Å². The van der Waals surface area contributed by atoms with Gasteiger partial charge in [0, 0.05) is 18.9 Å². The van der Waals surface area contributed by atoms with E-state index in [9.17, 15) is 4.79 Å². The SMILES string of the molecule is CN1CC(NCC=O)=CN1. The molecule has 56 valence electrons. The lowest BCUT2D eigenvalue weighted by atomic mass is 10.4. The monoisotopic (exact) mass is 141 g/mol. The predicted octanol–water partition coefficient (Wildman–Crippen LogP) is -0.934. The van der Waals surface area contributed by atoms with Gasteiger partial charge in [-0.25, -0.2) is 5.01 Å². The molecule has 1 aliphatic rings. The third kappa shape index (κ3) is 1.73. The van der Waals surface area contributed by atoms with Crippen LogP contribution in [0.25, 0.3) is 0 Å². The molecule has 1 rings (SSSR count). The second-order valence-corrected chi connectivity index (χ2v) is 2.20. The van der Waals surface area contributed by atoms with E-state index in [-0.39, 0.29) is 0 Å². The number of hydrogen-bond donors (Lipinski definition) is 2. The summed E-state index contributed by atoms with van der Waals surface area (Å²) in [6.07, 6.45) is 2.70. The van der Waals surface area contributed by atoms with E-state index in [1.54, 1.807) is 0 Å². The average molecular weight is 141 g/mol. The standard InChI is InChI=1S/C6H11N3O/c1-9-5-6(4-8-9)7-2-3-10/h3-4,7-8H,2,5H2,1H3. The molecule has 10 heavy (non-hydrogen) atoms. The van der Waals surface area contributed by atoms with Crippen molar-refractivity contribution in [3.63, 3.8) is 0 Å². The van der Waals surface area contributed by atoms with Crippen LogP contribution in [0.2, 0.25) is 0 Å². The van der Waals surface area contributed by atoms with Gasteiger partial charge >= 0.3 is 0 Å². The van der Waals surface area contributed by atoms with Gasteiger partial charge in [-0.3, -0.25) is 0 Å². The van der Waals surface area contributed by atoms with Crippen molar-refractivity contribution in [2.75, 3.05) is 20.1 Å². The maximum atomic E-state index is 9.92. The Balaban J connectivity index is 2.23. The van der Waals surface area contributed by atoms with Crippen molar-refractivity contribution < 1.29 is 4.79 Å². The maximum Gasteiger partial charge on any atom is 0.139 e. The first-order valence-electron chi connectivity index (χ1n) is 3.17. The maximum absolute atomic E-state index is 9.92. The highest BCUT2D eigenvalue weighted by atomic mass is 16.1. The Morgan fingerprint density at radius 2 is 2.80 bits per heavy atom. The Hall–Kier alpha value is -1.03. The summed E-state index contributed by atoms with van der Waals surface area (Å²) < 4.78 is 0. The van der Waals surface area contributed by atoms with Crippen LogP contribution in [0.1, 0.15) is 0 Å². The largest absolute Gasteiger partial charge is 0.379 e. The van der Waals surface area contributed by atoms with E-state index in [2.05, 4.69) is 10.7 Å². The molecular formula is C6H11N3O. The number of rotatable bonds is 3. The number of hydrazine groups is 1.